The zero-order valence-corrected chi connectivity index (χ0v) is 21.1. The SMILES string of the molecule is COc1cc(NC(=O)CSC2=C(C#N)C(c3ccc(OC)c(OC)c3)CC(=O)N2)c(OC)cc1Cl. The molecule has 0 aliphatic carbocycles. The van der Waals surface area contributed by atoms with Gasteiger partial charge in [-0.25, -0.2) is 0 Å². The zero-order valence-electron chi connectivity index (χ0n) is 19.6. The fourth-order valence-corrected chi connectivity index (χ4v) is 4.68. The van der Waals surface area contributed by atoms with Gasteiger partial charge in [-0.15, -0.1) is 0 Å². The number of hydrogen-bond acceptors (Lipinski definition) is 8. The Morgan fingerprint density at radius 1 is 1.09 bits per heavy atom. The largest absolute Gasteiger partial charge is 0.495 e. The number of amides is 2. The van der Waals surface area contributed by atoms with E-state index in [1.165, 1.54) is 34.5 Å². The van der Waals surface area contributed by atoms with Gasteiger partial charge in [-0.05, 0) is 17.7 Å². The van der Waals surface area contributed by atoms with Crippen molar-refractivity contribution in [2.24, 2.45) is 0 Å². The van der Waals surface area contributed by atoms with E-state index < -0.39 is 5.92 Å². The molecule has 3 rings (SSSR count). The molecule has 35 heavy (non-hydrogen) atoms. The van der Waals surface area contributed by atoms with Gasteiger partial charge >= 0.3 is 0 Å². The number of benzene rings is 2. The lowest BCUT2D eigenvalue weighted by molar-refractivity contribution is -0.121. The standard InChI is InChI=1S/C24H24ClN3O6S/c1-31-18-6-5-13(7-21(18)34-4)14-8-22(29)28-24(15(14)11-26)35-12-23(30)27-17-10-19(32-2)16(25)9-20(17)33-3/h5-7,9-10,14H,8,12H2,1-4H3,(H,27,30)(H,28,29). The maximum atomic E-state index is 12.7. The molecule has 2 aromatic rings. The highest BCUT2D eigenvalue weighted by molar-refractivity contribution is 8.03. The number of nitrogens with one attached hydrogen (secondary N) is 2. The Bertz CT molecular complexity index is 1210. The predicted molar refractivity (Wildman–Crippen MR) is 133 cm³/mol. The number of hydrogen-bond donors (Lipinski definition) is 2. The number of nitriles is 1. The molecule has 0 aromatic heterocycles. The molecule has 2 N–H and O–H groups in total. The zero-order chi connectivity index (χ0) is 25.5. The Labute approximate surface area is 212 Å². The lowest BCUT2D eigenvalue weighted by atomic mass is 9.87. The summed E-state index contributed by atoms with van der Waals surface area (Å²) in [4.78, 5) is 25.1. The summed E-state index contributed by atoms with van der Waals surface area (Å²) in [5, 5.41) is 16.0. The van der Waals surface area contributed by atoms with Crippen LogP contribution in [-0.4, -0.2) is 46.0 Å². The van der Waals surface area contributed by atoms with Gasteiger partial charge in [0.1, 0.15) is 11.5 Å². The van der Waals surface area contributed by atoms with E-state index in [9.17, 15) is 14.9 Å². The van der Waals surface area contributed by atoms with Gasteiger partial charge in [0.2, 0.25) is 11.8 Å². The number of ether oxygens (including phenoxy) is 4. The molecule has 11 heteroatoms. The fraction of sp³-hybridized carbons (Fsp3) is 0.292. The second-order valence-corrected chi connectivity index (χ2v) is 8.69. The Kier molecular flexibility index (Phi) is 8.73. The van der Waals surface area contributed by atoms with Crippen LogP contribution in [0.4, 0.5) is 5.69 Å². The number of carbonyl (C=O) groups excluding carboxylic acids is 2. The molecule has 0 fully saturated rings. The second kappa shape index (κ2) is 11.7. The predicted octanol–water partition coefficient (Wildman–Crippen LogP) is 4.08. The maximum Gasteiger partial charge on any atom is 0.234 e. The molecule has 1 aliphatic rings. The average Bonchev–Trinajstić information content (AvgIpc) is 2.87. The monoisotopic (exact) mass is 517 g/mol. The van der Waals surface area contributed by atoms with E-state index in [4.69, 9.17) is 30.5 Å². The van der Waals surface area contributed by atoms with E-state index in [0.717, 1.165) is 17.3 Å². The Morgan fingerprint density at radius 2 is 1.77 bits per heavy atom. The van der Waals surface area contributed by atoms with Crippen LogP contribution in [0.3, 0.4) is 0 Å². The highest BCUT2D eigenvalue weighted by atomic mass is 35.5. The minimum absolute atomic E-state index is 0.0620. The van der Waals surface area contributed by atoms with Gasteiger partial charge in [0.15, 0.2) is 11.5 Å². The average molecular weight is 518 g/mol. The van der Waals surface area contributed by atoms with E-state index in [1.807, 2.05) is 0 Å². The normalized spacial score (nSPS) is 15.1. The summed E-state index contributed by atoms with van der Waals surface area (Å²) in [5.74, 6) is 0.607. The van der Waals surface area contributed by atoms with Crippen LogP contribution in [0.5, 0.6) is 23.0 Å². The van der Waals surface area contributed by atoms with Crippen molar-refractivity contribution >= 4 is 40.9 Å². The Morgan fingerprint density at radius 3 is 2.40 bits per heavy atom. The lowest BCUT2D eigenvalue weighted by Crippen LogP contribution is -2.31. The highest BCUT2D eigenvalue weighted by Crippen LogP contribution is 2.40. The summed E-state index contributed by atoms with van der Waals surface area (Å²) in [6, 6.07) is 10.5. The summed E-state index contributed by atoms with van der Waals surface area (Å²) < 4.78 is 21.1. The van der Waals surface area contributed by atoms with Crippen molar-refractivity contribution in [3.63, 3.8) is 0 Å². The van der Waals surface area contributed by atoms with Crippen LogP contribution in [0.25, 0.3) is 0 Å². The lowest BCUT2D eigenvalue weighted by Gasteiger charge is -2.25. The molecule has 0 spiro atoms. The van der Waals surface area contributed by atoms with Crippen LogP contribution in [0.1, 0.15) is 17.9 Å². The van der Waals surface area contributed by atoms with Crippen molar-refractivity contribution < 1.29 is 28.5 Å². The smallest absolute Gasteiger partial charge is 0.234 e. The number of thioether (sulfide) groups is 1. The molecule has 0 saturated heterocycles. The molecule has 1 aliphatic heterocycles. The number of rotatable bonds is 9. The molecule has 1 unspecified atom stereocenters. The van der Waals surface area contributed by atoms with Crippen molar-refractivity contribution in [1.29, 1.82) is 5.26 Å². The van der Waals surface area contributed by atoms with Crippen LogP contribution in [-0.2, 0) is 9.59 Å². The maximum absolute atomic E-state index is 12.7. The van der Waals surface area contributed by atoms with E-state index in [0.29, 0.717) is 44.3 Å². The van der Waals surface area contributed by atoms with Crippen LogP contribution in [0.15, 0.2) is 40.9 Å². The minimum atomic E-state index is -0.486. The third kappa shape index (κ3) is 5.93. The molecular weight excluding hydrogens is 494 g/mol. The molecule has 1 heterocycles. The van der Waals surface area contributed by atoms with Gasteiger partial charge in [-0.2, -0.15) is 5.26 Å². The van der Waals surface area contributed by atoms with Gasteiger partial charge < -0.3 is 29.6 Å². The molecule has 184 valence electrons. The number of halogens is 1. The van der Waals surface area contributed by atoms with Crippen LogP contribution in [0, 0.1) is 11.3 Å². The molecule has 2 aromatic carbocycles. The van der Waals surface area contributed by atoms with Gasteiger partial charge in [0, 0.05) is 24.5 Å². The molecule has 9 nitrogen and oxygen atoms in total. The third-order valence-electron chi connectivity index (χ3n) is 5.26. The minimum Gasteiger partial charge on any atom is -0.495 e. The Balaban J connectivity index is 1.81. The van der Waals surface area contributed by atoms with E-state index in [1.54, 1.807) is 24.3 Å². The van der Waals surface area contributed by atoms with E-state index in [2.05, 4.69) is 16.7 Å². The number of nitrogens with zero attached hydrogens (tertiary/aromatic N) is 1. The van der Waals surface area contributed by atoms with E-state index in [-0.39, 0.29) is 24.0 Å². The van der Waals surface area contributed by atoms with Crippen LogP contribution >= 0.6 is 23.4 Å². The molecule has 0 radical (unpaired) electrons. The summed E-state index contributed by atoms with van der Waals surface area (Å²) in [6.07, 6.45) is 0.0937. The first-order valence-electron chi connectivity index (χ1n) is 10.3. The second-order valence-electron chi connectivity index (χ2n) is 7.30. The first-order chi connectivity index (χ1) is 16.8. The molecular formula is C24H24ClN3O6S. The van der Waals surface area contributed by atoms with Crippen LogP contribution < -0.4 is 29.6 Å². The molecule has 0 saturated carbocycles. The van der Waals surface area contributed by atoms with Gasteiger partial charge in [-0.3, -0.25) is 9.59 Å². The third-order valence-corrected chi connectivity index (χ3v) is 6.57. The van der Waals surface area contributed by atoms with Crippen LogP contribution in [0.2, 0.25) is 5.02 Å². The quantitative estimate of drug-likeness (QED) is 0.510. The van der Waals surface area contributed by atoms with Crippen molar-refractivity contribution in [2.45, 2.75) is 12.3 Å². The van der Waals surface area contributed by atoms with Gasteiger partial charge in [0.25, 0.3) is 0 Å². The summed E-state index contributed by atoms with van der Waals surface area (Å²) in [7, 11) is 5.97. The van der Waals surface area contributed by atoms with Crippen molar-refractivity contribution in [1.82, 2.24) is 5.32 Å². The van der Waals surface area contributed by atoms with Gasteiger partial charge in [0.05, 0.1) is 61.6 Å². The molecule has 1 atom stereocenters. The summed E-state index contributed by atoms with van der Waals surface area (Å²) >= 11 is 7.17. The molecule has 2 amide bonds. The van der Waals surface area contributed by atoms with Crippen molar-refractivity contribution in [3.8, 4) is 29.1 Å². The van der Waals surface area contributed by atoms with E-state index >= 15 is 0 Å². The number of anilines is 1. The van der Waals surface area contributed by atoms with Crippen molar-refractivity contribution in [3.05, 3.63) is 51.5 Å². The highest BCUT2D eigenvalue weighted by Gasteiger charge is 2.30. The first kappa shape index (κ1) is 26.1. The summed E-state index contributed by atoms with van der Waals surface area (Å²) in [6.45, 7) is 0. The van der Waals surface area contributed by atoms with Gasteiger partial charge in [-0.1, -0.05) is 29.4 Å². The number of allylic oxidation sites excluding steroid dienone is 1. The fourth-order valence-electron chi connectivity index (χ4n) is 3.57. The topological polar surface area (TPSA) is 119 Å². The first-order valence-corrected chi connectivity index (χ1v) is 11.7. The number of carbonyl (C=O) groups is 2. The van der Waals surface area contributed by atoms with Crippen molar-refractivity contribution in [2.75, 3.05) is 39.5 Å². The molecule has 0 bridgehead atoms. The summed E-state index contributed by atoms with van der Waals surface area (Å²) in [5.41, 5.74) is 1.47. The Hall–Kier alpha value is -3.55. The number of methoxy groups -OCH3 is 4.